The van der Waals surface area contributed by atoms with Crippen LogP contribution >= 0.6 is 0 Å². The van der Waals surface area contributed by atoms with Gasteiger partial charge in [-0.25, -0.2) is 0 Å². The van der Waals surface area contributed by atoms with Gasteiger partial charge in [0.15, 0.2) is 5.88 Å². The molecule has 3 nitrogen and oxygen atoms in total. The first kappa shape index (κ1) is 8.20. The maximum absolute atomic E-state index is 8.93. The molecule has 62 valence electrons. The van der Waals surface area contributed by atoms with Crippen LogP contribution in [-0.2, 0) is 0 Å². The zero-order valence-electron chi connectivity index (χ0n) is 7.01. The molecule has 0 saturated carbocycles. The molecule has 0 bridgehead atoms. The average Bonchev–Trinajstić information content (AvgIpc) is 2.10. The van der Waals surface area contributed by atoms with Gasteiger partial charge in [0.25, 0.3) is 0 Å². The van der Waals surface area contributed by atoms with Crippen molar-refractivity contribution in [2.24, 2.45) is 0 Å². The third kappa shape index (κ3) is 2.67. The molecule has 11 heavy (non-hydrogen) atoms. The summed E-state index contributed by atoms with van der Waals surface area (Å²) >= 11 is 0. The van der Waals surface area contributed by atoms with Crippen molar-refractivity contribution in [3.8, 4) is 11.6 Å². The van der Waals surface area contributed by atoms with Crippen LogP contribution in [0.25, 0.3) is 0 Å². The monoisotopic (exact) mass is 171 g/mol. The van der Waals surface area contributed by atoms with E-state index in [1.165, 1.54) is 0 Å². The SMILES string of the molecule is C[Si](C)(C)Oc1c[nH]c(O)c1. The van der Waals surface area contributed by atoms with E-state index in [1.54, 1.807) is 12.3 Å². The zero-order chi connectivity index (χ0) is 8.48. The third-order valence-corrected chi connectivity index (χ3v) is 1.91. The fourth-order valence-corrected chi connectivity index (χ4v) is 1.60. The molecular formula is C7H13NO2Si. The van der Waals surface area contributed by atoms with Gasteiger partial charge in [-0.05, 0) is 19.6 Å². The molecule has 1 rings (SSSR count). The Bertz CT molecular complexity index is 239. The van der Waals surface area contributed by atoms with Gasteiger partial charge in [-0.2, -0.15) is 0 Å². The van der Waals surface area contributed by atoms with Crippen LogP contribution < -0.4 is 4.43 Å². The fraction of sp³-hybridized carbons (Fsp3) is 0.429. The van der Waals surface area contributed by atoms with Crippen molar-refractivity contribution in [1.82, 2.24) is 4.98 Å². The summed E-state index contributed by atoms with van der Waals surface area (Å²) in [4.78, 5) is 2.64. The molecule has 0 aliphatic heterocycles. The minimum Gasteiger partial charge on any atom is -0.543 e. The van der Waals surface area contributed by atoms with E-state index >= 15 is 0 Å². The topological polar surface area (TPSA) is 45.2 Å². The first-order valence-corrected chi connectivity index (χ1v) is 6.94. The number of aromatic nitrogens is 1. The third-order valence-electron chi connectivity index (χ3n) is 1.07. The molecule has 0 aromatic carbocycles. The Balaban J connectivity index is 2.65. The summed E-state index contributed by atoms with van der Waals surface area (Å²) < 4.78 is 5.57. The normalized spacial score (nSPS) is 11.5. The van der Waals surface area contributed by atoms with Crippen molar-refractivity contribution in [2.75, 3.05) is 0 Å². The van der Waals surface area contributed by atoms with E-state index in [1.807, 2.05) is 0 Å². The highest BCUT2D eigenvalue weighted by Crippen LogP contribution is 2.19. The van der Waals surface area contributed by atoms with Gasteiger partial charge in [-0.1, -0.05) is 0 Å². The van der Waals surface area contributed by atoms with E-state index in [0.29, 0.717) is 0 Å². The number of nitrogens with one attached hydrogen (secondary N) is 1. The molecule has 1 heterocycles. The lowest BCUT2D eigenvalue weighted by molar-refractivity contribution is 0.456. The maximum Gasteiger partial charge on any atom is 0.242 e. The van der Waals surface area contributed by atoms with Crippen molar-refractivity contribution >= 4 is 8.32 Å². The second-order valence-electron chi connectivity index (χ2n) is 3.44. The van der Waals surface area contributed by atoms with E-state index in [9.17, 15) is 0 Å². The van der Waals surface area contributed by atoms with Crippen LogP contribution in [0.1, 0.15) is 0 Å². The predicted octanol–water partition coefficient (Wildman–Crippen LogP) is 1.93. The lowest BCUT2D eigenvalue weighted by Gasteiger charge is -2.16. The largest absolute Gasteiger partial charge is 0.543 e. The Hall–Kier alpha value is -0.903. The molecule has 0 radical (unpaired) electrons. The molecule has 1 aromatic heterocycles. The van der Waals surface area contributed by atoms with E-state index in [0.717, 1.165) is 5.75 Å². The molecule has 0 spiro atoms. The average molecular weight is 171 g/mol. The van der Waals surface area contributed by atoms with E-state index < -0.39 is 8.32 Å². The first-order valence-electron chi connectivity index (χ1n) is 3.54. The van der Waals surface area contributed by atoms with Crippen LogP contribution in [0.2, 0.25) is 19.6 Å². The van der Waals surface area contributed by atoms with Crippen molar-refractivity contribution in [1.29, 1.82) is 0 Å². The van der Waals surface area contributed by atoms with Gasteiger partial charge in [-0.15, -0.1) is 0 Å². The number of rotatable bonds is 2. The minimum atomic E-state index is -1.52. The van der Waals surface area contributed by atoms with Gasteiger partial charge in [0.05, 0.1) is 0 Å². The second kappa shape index (κ2) is 2.62. The van der Waals surface area contributed by atoms with E-state index in [4.69, 9.17) is 9.53 Å². The van der Waals surface area contributed by atoms with Gasteiger partial charge >= 0.3 is 0 Å². The molecule has 0 saturated heterocycles. The van der Waals surface area contributed by atoms with Gasteiger partial charge in [-0.3, -0.25) is 0 Å². The summed E-state index contributed by atoms with van der Waals surface area (Å²) in [6.07, 6.45) is 1.66. The van der Waals surface area contributed by atoms with Crippen LogP contribution in [0.5, 0.6) is 11.6 Å². The summed E-state index contributed by atoms with van der Waals surface area (Å²) in [5.74, 6) is 0.875. The second-order valence-corrected chi connectivity index (χ2v) is 7.86. The number of aromatic amines is 1. The summed E-state index contributed by atoms with van der Waals surface area (Å²) in [5, 5.41) is 8.93. The zero-order valence-corrected chi connectivity index (χ0v) is 8.01. The Morgan fingerprint density at radius 2 is 2.09 bits per heavy atom. The van der Waals surface area contributed by atoms with Crippen LogP contribution in [0.3, 0.4) is 0 Å². The standard InChI is InChI=1S/C7H13NO2Si/c1-11(2,3)10-6-4-7(9)8-5-6/h4-5,8-9H,1-3H3. The van der Waals surface area contributed by atoms with Crippen molar-refractivity contribution in [3.63, 3.8) is 0 Å². The first-order chi connectivity index (χ1) is 4.97. The molecule has 0 aliphatic rings. The number of hydrogen-bond donors (Lipinski definition) is 2. The highest BCUT2D eigenvalue weighted by molar-refractivity contribution is 6.70. The Morgan fingerprint density at radius 1 is 1.45 bits per heavy atom. The molecular weight excluding hydrogens is 158 g/mol. The minimum absolute atomic E-state index is 0.151. The molecule has 0 atom stereocenters. The Labute approximate surface area is 67.1 Å². The van der Waals surface area contributed by atoms with Crippen molar-refractivity contribution < 1.29 is 9.53 Å². The van der Waals surface area contributed by atoms with Crippen LogP contribution in [-0.4, -0.2) is 18.4 Å². The highest BCUT2D eigenvalue weighted by atomic mass is 28.4. The van der Waals surface area contributed by atoms with Gasteiger partial charge in [0, 0.05) is 12.3 Å². The molecule has 0 unspecified atom stereocenters. The van der Waals surface area contributed by atoms with Gasteiger partial charge in [0.2, 0.25) is 8.32 Å². The molecule has 0 amide bonds. The predicted molar refractivity (Wildman–Crippen MR) is 46.4 cm³/mol. The summed E-state index contributed by atoms with van der Waals surface area (Å²) in [6.45, 7) is 6.28. The van der Waals surface area contributed by atoms with Crippen molar-refractivity contribution in [3.05, 3.63) is 12.3 Å². The van der Waals surface area contributed by atoms with E-state index in [-0.39, 0.29) is 5.88 Å². The van der Waals surface area contributed by atoms with Crippen LogP contribution in [0.4, 0.5) is 0 Å². The van der Waals surface area contributed by atoms with Gasteiger partial charge in [0.1, 0.15) is 5.75 Å². The maximum atomic E-state index is 8.93. The Morgan fingerprint density at radius 3 is 2.45 bits per heavy atom. The molecule has 0 aliphatic carbocycles. The lowest BCUT2D eigenvalue weighted by atomic mass is 10.6. The molecule has 0 fully saturated rings. The summed E-state index contributed by atoms with van der Waals surface area (Å²) in [6, 6.07) is 1.58. The van der Waals surface area contributed by atoms with E-state index in [2.05, 4.69) is 24.6 Å². The highest BCUT2D eigenvalue weighted by Gasteiger charge is 2.16. The van der Waals surface area contributed by atoms with Crippen LogP contribution in [0.15, 0.2) is 12.3 Å². The summed E-state index contributed by atoms with van der Waals surface area (Å²) in [5.41, 5.74) is 0. The number of aromatic hydroxyl groups is 1. The van der Waals surface area contributed by atoms with Crippen LogP contribution in [0, 0.1) is 0 Å². The fourth-order valence-electron chi connectivity index (χ4n) is 0.776. The van der Waals surface area contributed by atoms with Crippen molar-refractivity contribution in [2.45, 2.75) is 19.6 Å². The molecule has 1 aromatic rings. The quantitative estimate of drug-likeness (QED) is 0.668. The summed E-state index contributed by atoms with van der Waals surface area (Å²) in [7, 11) is -1.52. The smallest absolute Gasteiger partial charge is 0.242 e. The molecule has 4 heteroatoms. The Kier molecular flexibility index (Phi) is 1.95. The number of H-pyrrole nitrogens is 1. The number of hydrogen-bond acceptors (Lipinski definition) is 2. The molecule has 2 N–H and O–H groups in total. The van der Waals surface area contributed by atoms with Gasteiger partial charge < -0.3 is 14.5 Å². The lowest BCUT2D eigenvalue weighted by Crippen LogP contribution is -2.28.